The van der Waals surface area contributed by atoms with Crippen LogP contribution in [-0.4, -0.2) is 33.1 Å². The number of phenolic OH excluding ortho intramolecular Hbond substituents is 1. The molecule has 1 fully saturated rings. The number of H-pyrrole nitrogens is 1. The second-order valence-corrected chi connectivity index (χ2v) is 9.02. The number of benzene rings is 3. The molecule has 0 bridgehead atoms. The number of rotatable bonds is 4. The van der Waals surface area contributed by atoms with E-state index in [2.05, 4.69) is 51.6 Å². The van der Waals surface area contributed by atoms with Gasteiger partial charge in [-0.2, -0.15) is 0 Å². The summed E-state index contributed by atoms with van der Waals surface area (Å²) < 4.78 is 0. The van der Waals surface area contributed by atoms with E-state index in [-0.39, 0.29) is 5.92 Å². The minimum Gasteiger partial charge on any atom is -0.508 e. The number of nitrogens with zero attached hydrogens (tertiary/aromatic N) is 2. The summed E-state index contributed by atoms with van der Waals surface area (Å²) >= 11 is 0. The van der Waals surface area contributed by atoms with Crippen molar-refractivity contribution in [3.05, 3.63) is 108 Å². The number of allylic oxidation sites excluding steroid dienone is 2. The third-order valence-electron chi connectivity index (χ3n) is 6.83. The number of imidazole rings is 1. The van der Waals surface area contributed by atoms with Crippen molar-refractivity contribution in [2.75, 3.05) is 13.1 Å². The first kappa shape index (κ1) is 20.6. The molecule has 0 spiro atoms. The van der Waals surface area contributed by atoms with E-state index in [1.165, 1.54) is 19.3 Å². The molecule has 1 atom stereocenters. The molecule has 0 unspecified atom stereocenters. The number of nitrogens with one attached hydrogen (secondary N) is 2. The molecule has 170 valence electrons. The van der Waals surface area contributed by atoms with Crippen molar-refractivity contribution in [1.82, 2.24) is 20.2 Å². The zero-order chi connectivity index (χ0) is 22.9. The number of likely N-dealkylation sites (tertiary alicyclic amines) is 1. The molecule has 6 rings (SSSR count). The topological polar surface area (TPSA) is 64.2 Å². The molecule has 1 aromatic heterocycles. The van der Waals surface area contributed by atoms with E-state index < -0.39 is 0 Å². The van der Waals surface area contributed by atoms with Crippen LogP contribution in [0.5, 0.6) is 5.75 Å². The summed E-state index contributed by atoms with van der Waals surface area (Å²) in [7, 11) is 0. The summed E-state index contributed by atoms with van der Waals surface area (Å²) in [5, 5.41) is 14.7. The lowest BCUT2D eigenvalue weighted by Gasteiger charge is -2.38. The van der Waals surface area contributed by atoms with E-state index in [0.29, 0.717) is 5.75 Å². The monoisotopic (exact) mass is 448 g/mol. The average molecular weight is 449 g/mol. The highest BCUT2D eigenvalue weighted by Crippen LogP contribution is 2.43. The highest BCUT2D eigenvalue weighted by molar-refractivity contribution is 5.86. The average Bonchev–Trinajstić information content (AvgIpc) is 3.33. The molecule has 4 aromatic rings. The number of aromatic hydroxyl groups is 1. The van der Waals surface area contributed by atoms with Gasteiger partial charge in [0.2, 0.25) is 0 Å². The van der Waals surface area contributed by atoms with Crippen LogP contribution in [-0.2, 0) is 0 Å². The largest absolute Gasteiger partial charge is 0.508 e. The molecule has 0 radical (unpaired) electrons. The second-order valence-electron chi connectivity index (χ2n) is 9.02. The van der Waals surface area contributed by atoms with Crippen molar-refractivity contribution in [3.8, 4) is 5.75 Å². The van der Waals surface area contributed by atoms with Crippen molar-refractivity contribution in [2.45, 2.75) is 25.2 Å². The lowest BCUT2D eigenvalue weighted by molar-refractivity contribution is 0.274. The molecule has 3 heterocycles. The van der Waals surface area contributed by atoms with E-state index in [9.17, 15) is 5.11 Å². The van der Waals surface area contributed by atoms with Crippen LogP contribution in [0, 0.1) is 0 Å². The summed E-state index contributed by atoms with van der Waals surface area (Å²) in [4.78, 5) is 11.0. The number of aromatic amines is 1. The summed E-state index contributed by atoms with van der Waals surface area (Å²) in [6.07, 6.45) is 5.82. The first-order valence-electron chi connectivity index (χ1n) is 12.0. The van der Waals surface area contributed by atoms with Gasteiger partial charge in [-0.25, -0.2) is 4.98 Å². The molecule has 5 heteroatoms. The van der Waals surface area contributed by atoms with Gasteiger partial charge in [0.05, 0.1) is 11.0 Å². The normalized spacial score (nSPS) is 18.6. The summed E-state index contributed by atoms with van der Waals surface area (Å²) in [6.45, 7) is 2.00. The van der Waals surface area contributed by atoms with Gasteiger partial charge in [0.15, 0.2) is 0 Å². The molecule has 3 aromatic carbocycles. The second kappa shape index (κ2) is 8.75. The molecule has 2 aliphatic heterocycles. The van der Waals surface area contributed by atoms with Gasteiger partial charge in [-0.1, -0.05) is 60.7 Å². The first-order chi connectivity index (χ1) is 16.8. The van der Waals surface area contributed by atoms with Crippen LogP contribution in [0.4, 0.5) is 0 Å². The number of hydrogen-bond acceptors (Lipinski definition) is 4. The molecule has 3 N–H and O–H groups in total. The van der Waals surface area contributed by atoms with Crippen LogP contribution < -0.4 is 5.32 Å². The SMILES string of the molecule is Oc1ccccc1[C@@H]1C=C(c2ccccc2)NC(N2CCCCC2)=C1c1nc2ccccc2[nH]1. The lowest BCUT2D eigenvalue weighted by atomic mass is 9.85. The number of fused-ring (bicyclic) bond motifs is 1. The van der Waals surface area contributed by atoms with Crippen LogP contribution in [0.25, 0.3) is 22.3 Å². The fourth-order valence-electron chi connectivity index (χ4n) is 5.12. The van der Waals surface area contributed by atoms with Crippen molar-refractivity contribution in [2.24, 2.45) is 0 Å². The molecule has 0 aliphatic carbocycles. The van der Waals surface area contributed by atoms with Crippen LogP contribution in [0.1, 0.15) is 42.1 Å². The summed E-state index contributed by atoms with van der Waals surface area (Å²) in [6, 6.07) is 26.2. The van der Waals surface area contributed by atoms with Gasteiger partial charge in [0.1, 0.15) is 17.4 Å². The molecule has 2 aliphatic rings. The van der Waals surface area contributed by atoms with Crippen LogP contribution in [0.2, 0.25) is 0 Å². The maximum atomic E-state index is 10.9. The van der Waals surface area contributed by atoms with Crippen molar-refractivity contribution < 1.29 is 5.11 Å². The van der Waals surface area contributed by atoms with Crippen LogP contribution in [0.3, 0.4) is 0 Å². The van der Waals surface area contributed by atoms with Gasteiger partial charge >= 0.3 is 0 Å². The molecule has 0 amide bonds. The number of para-hydroxylation sites is 3. The maximum Gasteiger partial charge on any atom is 0.139 e. The molecule has 34 heavy (non-hydrogen) atoms. The zero-order valence-electron chi connectivity index (χ0n) is 19.0. The minimum absolute atomic E-state index is 0.157. The zero-order valence-corrected chi connectivity index (χ0v) is 19.0. The Hall–Kier alpha value is -3.99. The van der Waals surface area contributed by atoms with Crippen LogP contribution >= 0.6 is 0 Å². The fourth-order valence-corrected chi connectivity index (χ4v) is 5.12. The number of hydrogen-bond donors (Lipinski definition) is 3. The van der Waals surface area contributed by atoms with Crippen molar-refractivity contribution in [1.29, 1.82) is 0 Å². The van der Waals surface area contributed by atoms with Crippen molar-refractivity contribution >= 4 is 22.3 Å². The van der Waals surface area contributed by atoms with E-state index in [1.54, 1.807) is 6.07 Å². The van der Waals surface area contributed by atoms with Gasteiger partial charge in [-0.15, -0.1) is 0 Å². The van der Waals surface area contributed by atoms with E-state index in [4.69, 9.17) is 4.98 Å². The molecular formula is C29H28N4O. The van der Waals surface area contributed by atoms with Gasteiger partial charge in [0.25, 0.3) is 0 Å². The Morgan fingerprint density at radius 3 is 2.35 bits per heavy atom. The summed E-state index contributed by atoms with van der Waals surface area (Å²) in [5.74, 6) is 2.05. The van der Waals surface area contributed by atoms with Gasteiger partial charge in [-0.3, -0.25) is 0 Å². The Labute approximate surface area is 199 Å². The number of phenols is 1. The highest BCUT2D eigenvalue weighted by atomic mass is 16.3. The Kier molecular flexibility index (Phi) is 5.30. The van der Waals surface area contributed by atoms with Crippen molar-refractivity contribution in [3.63, 3.8) is 0 Å². The Morgan fingerprint density at radius 1 is 0.824 bits per heavy atom. The van der Waals surface area contributed by atoms with E-state index >= 15 is 0 Å². The standard InChI is InChI=1S/C29H28N4O/c34-26-16-8-5-13-21(26)22-19-25(20-11-3-1-4-12-20)32-29(33-17-9-2-10-18-33)27(22)28-30-23-14-6-7-15-24(23)31-28/h1,3-8,11-16,19,22,32,34H,2,9-10,17-18H2,(H,30,31)/t22-/m0/s1. The van der Waals surface area contributed by atoms with Gasteiger partial charge in [-0.05, 0) is 49.1 Å². The predicted molar refractivity (Wildman–Crippen MR) is 137 cm³/mol. The minimum atomic E-state index is -0.157. The lowest BCUT2D eigenvalue weighted by Crippen LogP contribution is -2.38. The van der Waals surface area contributed by atoms with E-state index in [1.807, 2.05) is 42.5 Å². The molecule has 5 nitrogen and oxygen atoms in total. The van der Waals surface area contributed by atoms with Gasteiger partial charge in [0, 0.05) is 35.8 Å². The first-order valence-corrected chi connectivity index (χ1v) is 12.0. The Morgan fingerprint density at radius 2 is 1.56 bits per heavy atom. The Balaban J connectivity index is 1.58. The molecular weight excluding hydrogens is 420 g/mol. The highest BCUT2D eigenvalue weighted by Gasteiger charge is 2.32. The van der Waals surface area contributed by atoms with E-state index in [0.717, 1.165) is 58.2 Å². The van der Waals surface area contributed by atoms with Crippen LogP contribution in [0.15, 0.2) is 90.8 Å². The quantitative estimate of drug-likeness (QED) is 0.366. The van der Waals surface area contributed by atoms with Gasteiger partial charge < -0.3 is 20.3 Å². The smallest absolute Gasteiger partial charge is 0.139 e. The third-order valence-corrected chi connectivity index (χ3v) is 6.83. The maximum absolute atomic E-state index is 10.9. The number of dihydropyridines is 1. The third kappa shape index (κ3) is 3.73. The number of piperidine rings is 1. The summed E-state index contributed by atoms with van der Waals surface area (Å²) in [5.41, 5.74) is 6.07. The Bertz CT molecular complexity index is 1350. The predicted octanol–water partition coefficient (Wildman–Crippen LogP) is 5.85. The molecule has 0 saturated carbocycles. The fraction of sp³-hybridized carbons (Fsp3) is 0.207. The number of aromatic nitrogens is 2. The molecule has 1 saturated heterocycles.